The van der Waals surface area contributed by atoms with Gasteiger partial charge in [-0.15, -0.1) is 0 Å². The van der Waals surface area contributed by atoms with Crippen molar-refractivity contribution in [2.45, 2.75) is 56.5 Å². The summed E-state index contributed by atoms with van der Waals surface area (Å²) in [7, 11) is -4.16. The smallest absolute Gasteiger partial charge is 0.269 e. The van der Waals surface area contributed by atoms with Crippen LogP contribution in [0.4, 0.5) is 5.69 Å². The number of rotatable bonds is 8. The SMILES string of the molecule is CC(C)CCC(=O)N[C@@H]1CCN(S(=O)(=O)c2ccc([N+](=O)[O-])cc2)[C@@H](C(=O)NO)C1. The molecule has 3 N–H and O–H groups in total. The Bertz CT molecular complexity index is 886. The number of nitro benzene ring substituents is 1. The zero-order valence-corrected chi connectivity index (χ0v) is 17.6. The third-order valence-corrected chi connectivity index (χ3v) is 6.86. The van der Waals surface area contributed by atoms with Gasteiger partial charge in [-0.3, -0.25) is 24.9 Å². The van der Waals surface area contributed by atoms with Crippen molar-refractivity contribution in [1.82, 2.24) is 15.1 Å². The van der Waals surface area contributed by atoms with Gasteiger partial charge in [-0.2, -0.15) is 4.31 Å². The molecule has 1 aromatic rings. The molecule has 12 heteroatoms. The number of nitrogens with zero attached hydrogens (tertiary/aromatic N) is 2. The molecule has 2 rings (SSSR count). The lowest BCUT2D eigenvalue weighted by Crippen LogP contribution is -2.56. The van der Waals surface area contributed by atoms with E-state index in [1.54, 1.807) is 0 Å². The van der Waals surface area contributed by atoms with E-state index in [2.05, 4.69) is 5.32 Å². The van der Waals surface area contributed by atoms with Crippen LogP contribution < -0.4 is 10.8 Å². The van der Waals surface area contributed by atoms with Crippen LogP contribution >= 0.6 is 0 Å². The molecular weight excluding hydrogens is 416 g/mol. The minimum Gasteiger partial charge on any atom is -0.353 e. The van der Waals surface area contributed by atoms with E-state index in [-0.39, 0.29) is 35.9 Å². The van der Waals surface area contributed by atoms with Crippen molar-refractivity contribution >= 4 is 27.5 Å². The highest BCUT2D eigenvalue weighted by Gasteiger charge is 2.41. The molecule has 1 fully saturated rings. The standard InChI is InChI=1S/C18H26N4O7S/c1-12(2)3-8-17(23)19-13-9-10-21(16(11-13)18(24)20-25)30(28,29)15-6-4-14(5-7-15)22(26)27/h4-7,12-13,16,25H,3,8-11H2,1-2H3,(H,19,23)(H,20,24)/t13-,16-/m1/s1. The fraction of sp³-hybridized carbons (Fsp3) is 0.556. The maximum absolute atomic E-state index is 13.0. The summed E-state index contributed by atoms with van der Waals surface area (Å²) in [6, 6.07) is 2.67. The zero-order valence-electron chi connectivity index (χ0n) is 16.8. The predicted molar refractivity (Wildman–Crippen MR) is 106 cm³/mol. The fourth-order valence-corrected chi connectivity index (χ4v) is 4.88. The lowest BCUT2D eigenvalue weighted by molar-refractivity contribution is -0.384. The van der Waals surface area contributed by atoms with Crippen LogP contribution in [0.15, 0.2) is 29.2 Å². The Kier molecular flexibility index (Phi) is 7.87. The second-order valence-corrected chi connectivity index (χ2v) is 9.47. The second kappa shape index (κ2) is 9.96. The van der Waals surface area contributed by atoms with E-state index >= 15 is 0 Å². The van der Waals surface area contributed by atoms with Crippen molar-refractivity contribution in [2.24, 2.45) is 5.92 Å². The maximum atomic E-state index is 13.0. The van der Waals surface area contributed by atoms with E-state index in [0.717, 1.165) is 28.6 Å². The summed E-state index contributed by atoms with van der Waals surface area (Å²) in [4.78, 5) is 34.2. The van der Waals surface area contributed by atoms with Crippen LogP contribution in [-0.4, -0.2) is 53.3 Å². The van der Waals surface area contributed by atoms with Crippen molar-refractivity contribution in [3.05, 3.63) is 34.4 Å². The Morgan fingerprint density at radius 3 is 2.47 bits per heavy atom. The fourth-order valence-electron chi connectivity index (χ4n) is 3.27. The van der Waals surface area contributed by atoms with Crippen molar-refractivity contribution in [3.8, 4) is 0 Å². The summed E-state index contributed by atoms with van der Waals surface area (Å²) in [5, 5.41) is 22.7. The van der Waals surface area contributed by atoms with Crippen molar-refractivity contribution in [1.29, 1.82) is 0 Å². The van der Waals surface area contributed by atoms with Gasteiger partial charge < -0.3 is 5.32 Å². The van der Waals surface area contributed by atoms with Crippen LogP contribution in [0.5, 0.6) is 0 Å². The van der Waals surface area contributed by atoms with Crippen LogP contribution in [-0.2, 0) is 19.6 Å². The molecule has 0 aromatic heterocycles. The van der Waals surface area contributed by atoms with Gasteiger partial charge >= 0.3 is 0 Å². The molecule has 0 aliphatic carbocycles. The molecule has 2 amide bonds. The van der Waals surface area contributed by atoms with Crippen molar-refractivity contribution < 1.29 is 28.1 Å². The molecule has 0 unspecified atom stereocenters. The van der Waals surface area contributed by atoms with Gasteiger partial charge in [0.1, 0.15) is 6.04 Å². The Balaban J connectivity index is 2.18. The molecule has 1 aromatic carbocycles. The minimum absolute atomic E-state index is 0.00791. The quantitative estimate of drug-likeness (QED) is 0.309. The molecule has 1 saturated heterocycles. The number of benzene rings is 1. The molecule has 0 bridgehead atoms. The topological polar surface area (TPSA) is 159 Å². The van der Waals surface area contributed by atoms with Crippen molar-refractivity contribution in [2.75, 3.05) is 6.54 Å². The molecule has 166 valence electrons. The first-order valence-electron chi connectivity index (χ1n) is 9.56. The summed E-state index contributed by atoms with van der Waals surface area (Å²) in [6.45, 7) is 3.93. The van der Waals surface area contributed by atoms with E-state index in [0.29, 0.717) is 18.8 Å². The van der Waals surface area contributed by atoms with Crippen molar-refractivity contribution in [3.63, 3.8) is 0 Å². The highest BCUT2D eigenvalue weighted by atomic mass is 32.2. The summed E-state index contributed by atoms with van der Waals surface area (Å²) in [6.07, 6.45) is 1.32. The third-order valence-electron chi connectivity index (χ3n) is 4.93. The molecule has 0 radical (unpaired) electrons. The van der Waals surface area contributed by atoms with Gasteiger partial charge in [0.05, 0.1) is 9.82 Å². The Morgan fingerprint density at radius 1 is 1.30 bits per heavy atom. The normalized spacial score (nSPS) is 20.0. The Labute approximate surface area is 174 Å². The lowest BCUT2D eigenvalue weighted by Gasteiger charge is -2.37. The first kappa shape index (κ1) is 23.7. The highest BCUT2D eigenvalue weighted by Crippen LogP contribution is 2.27. The number of amides is 2. The summed E-state index contributed by atoms with van der Waals surface area (Å²) in [5.74, 6) is -0.734. The number of carbonyl (C=O) groups excluding carboxylic acids is 2. The highest BCUT2D eigenvalue weighted by molar-refractivity contribution is 7.89. The maximum Gasteiger partial charge on any atom is 0.269 e. The van der Waals surface area contributed by atoms with Crippen LogP contribution in [0.2, 0.25) is 0 Å². The molecule has 0 spiro atoms. The largest absolute Gasteiger partial charge is 0.353 e. The average Bonchev–Trinajstić information content (AvgIpc) is 2.71. The van der Waals surface area contributed by atoms with Gasteiger partial charge in [0.15, 0.2) is 0 Å². The number of hydroxylamine groups is 1. The average molecular weight is 442 g/mol. The van der Waals surface area contributed by atoms with Gasteiger partial charge in [-0.1, -0.05) is 13.8 Å². The summed E-state index contributed by atoms with van der Waals surface area (Å²) < 4.78 is 27.0. The first-order chi connectivity index (χ1) is 14.1. The molecule has 2 atom stereocenters. The van der Waals surface area contributed by atoms with E-state index in [1.165, 1.54) is 5.48 Å². The van der Waals surface area contributed by atoms with Gasteiger partial charge in [0.25, 0.3) is 11.6 Å². The van der Waals surface area contributed by atoms with Gasteiger partial charge in [-0.25, -0.2) is 13.9 Å². The van der Waals surface area contributed by atoms with Gasteiger partial charge in [0.2, 0.25) is 15.9 Å². The van der Waals surface area contributed by atoms with E-state index in [9.17, 15) is 28.1 Å². The number of hydrogen-bond acceptors (Lipinski definition) is 7. The lowest BCUT2D eigenvalue weighted by atomic mass is 9.98. The number of nitrogens with one attached hydrogen (secondary N) is 2. The van der Waals surface area contributed by atoms with Gasteiger partial charge in [0, 0.05) is 31.1 Å². The summed E-state index contributed by atoms with van der Waals surface area (Å²) in [5.41, 5.74) is 1.22. The molecule has 1 heterocycles. The molecule has 11 nitrogen and oxygen atoms in total. The number of nitro groups is 1. The van der Waals surface area contributed by atoms with Crippen LogP contribution in [0, 0.1) is 16.0 Å². The molecule has 30 heavy (non-hydrogen) atoms. The number of hydrogen-bond donors (Lipinski definition) is 3. The predicted octanol–water partition coefficient (Wildman–Crippen LogP) is 1.17. The molecule has 1 aliphatic rings. The zero-order chi connectivity index (χ0) is 22.5. The Morgan fingerprint density at radius 2 is 1.93 bits per heavy atom. The second-order valence-electron chi connectivity index (χ2n) is 7.58. The minimum atomic E-state index is -4.16. The van der Waals surface area contributed by atoms with E-state index in [4.69, 9.17) is 5.21 Å². The van der Waals surface area contributed by atoms with Crippen LogP contribution in [0.25, 0.3) is 0 Å². The number of piperidine rings is 1. The number of non-ortho nitro benzene ring substituents is 1. The van der Waals surface area contributed by atoms with E-state index < -0.39 is 32.9 Å². The third kappa shape index (κ3) is 5.74. The number of carbonyl (C=O) groups is 2. The monoisotopic (exact) mass is 442 g/mol. The Hall–Kier alpha value is -2.57. The van der Waals surface area contributed by atoms with E-state index in [1.807, 2.05) is 13.8 Å². The molecular formula is C18H26N4O7S. The van der Waals surface area contributed by atoms with Gasteiger partial charge in [-0.05, 0) is 37.3 Å². The molecule has 1 aliphatic heterocycles. The molecule has 0 saturated carbocycles. The summed E-state index contributed by atoms with van der Waals surface area (Å²) >= 11 is 0. The van der Waals surface area contributed by atoms with Crippen LogP contribution in [0.3, 0.4) is 0 Å². The first-order valence-corrected chi connectivity index (χ1v) is 11.0. The number of sulfonamides is 1. The van der Waals surface area contributed by atoms with Crippen LogP contribution in [0.1, 0.15) is 39.5 Å².